The largest absolute Gasteiger partial charge is 0.391 e. The van der Waals surface area contributed by atoms with E-state index in [1.54, 1.807) is 0 Å². The van der Waals surface area contributed by atoms with Crippen LogP contribution in [-0.2, 0) is 0 Å². The Morgan fingerprint density at radius 1 is 1.62 bits per heavy atom. The molecule has 3 N–H and O–H groups in total. The molecule has 0 bridgehead atoms. The first-order chi connectivity index (χ1) is 3.80. The van der Waals surface area contributed by atoms with E-state index in [4.69, 9.17) is 10.8 Å². The second-order valence-electron chi connectivity index (χ2n) is 2.09. The van der Waals surface area contributed by atoms with E-state index in [1.807, 2.05) is 11.8 Å². The van der Waals surface area contributed by atoms with E-state index in [9.17, 15) is 0 Å². The zero-order valence-corrected chi connectivity index (χ0v) is 5.53. The predicted octanol–water partition coefficient (Wildman–Crippen LogP) is -0.189. The van der Waals surface area contributed by atoms with Gasteiger partial charge in [0, 0.05) is 11.8 Å². The Bertz CT molecular complexity index is 68.8. The molecule has 0 aromatic carbocycles. The van der Waals surface area contributed by atoms with E-state index in [2.05, 4.69) is 0 Å². The lowest BCUT2D eigenvalue weighted by Gasteiger charge is -2.22. The highest BCUT2D eigenvalue weighted by Crippen LogP contribution is 2.15. The molecule has 0 amide bonds. The summed E-state index contributed by atoms with van der Waals surface area (Å²) in [6, 6.07) is 0.0220. The van der Waals surface area contributed by atoms with Crippen molar-refractivity contribution in [3.8, 4) is 0 Å². The molecule has 0 aromatic heterocycles. The van der Waals surface area contributed by atoms with Gasteiger partial charge in [-0.1, -0.05) is 0 Å². The summed E-state index contributed by atoms with van der Waals surface area (Å²) in [5, 5.41) is 9.04. The van der Waals surface area contributed by atoms with Crippen LogP contribution in [0.2, 0.25) is 0 Å². The van der Waals surface area contributed by atoms with Gasteiger partial charge in [0.2, 0.25) is 0 Å². The third-order valence-electron chi connectivity index (χ3n) is 1.36. The fraction of sp³-hybridized carbons (Fsp3) is 1.00. The van der Waals surface area contributed by atoms with Gasteiger partial charge in [-0.3, -0.25) is 0 Å². The molecule has 48 valence electrons. The summed E-state index contributed by atoms with van der Waals surface area (Å²) < 4.78 is 0. The van der Waals surface area contributed by atoms with Crippen LogP contribution in [0, 0.1) is 0 Å². The first kappa shape index (κ1) is 6.39. The molecule has 1 aliphatic heterocycles. The Balaban J connectivity index is 2.28. The van der Waals surface area contributed by atoms with Crippen molar-refractivity contribution in [2.24, 2.45) is 5.73 Å². The third-order valence-corrected chi connectivity index (χ3v) is 2.51. The lowest BCUT2D eigenvalue weighted by molar-refractivity contribution is 0.146. The van der Waals surface area contributed by atoms with Crippen molar-refractivity contribution in [2.75, 3.05) is 11.5 Å². The minimum atomic E-state index is -0.240. The SMILES string of the molecule is NC1CSCCC1O. The summed E-state index contributed by atoms with van der Waals surface area (Å²) in [5.74, 6) is 1.98. The molecule has 1 heterocycles. The standard InChI is InChI=1S/C5H11NOS/c6-4-3-8-2-1-5(4)7/h4-5,7H,1-3,6H2. The van der Waals surface area contributed by atoms with Crippen molar-refractivity contribution >= 4 is 11.8 Å². The number of aliphatic hydroxyl groups excluding tert-OH is 1. The van der Waals surface area contributed by atoms with Crippen LogP contribution in [-0.4, -0.2) is 28.8 Å². The average molecular weight is 133 g/mol. The zero-order valence-electron chi connectivity index (χ0n) is 4.71. The van der Waals surface area contributed by atoms with Gasteiger partial charge in [0.15, 0.2) is 0 Å². The molecule has 1 fully saturated rings. The van der Waals surface area contributed by atoms with Gasteiger partial charge < -0.3 is 10.8 Å². The average Bonchev–Trinajstić information content (AvgIpc) is 1.77. The summed E-state index contributed by atoms with van der Waals surface area (Å²) in [4.78, 5) is 0. The highest BCUT2D eigenvalue weighted by Gasteiger charge is 2.18. The van der Waals surface area contributed by atoms with Crippen LogP contribution in [0.5, 0.6) is 0 Å². The highest BCUT2D eigenvalue weighted by molar-refractivity contribution is 7.99. The Kier molecular flexibility index (Phi) is 2.16. The van der Waals surface area contributed by atoms with Crippen LogP contribution in [0.25, 0.3) is 0 Å². The first-order valence-electron chi connectivity index (χ1n) is 2.82. The Labute approximate surface area is 53.5 Å². The van der Waals surface area contributed by atoms with Crippen LogP contribution in [0.3, 0.4) is 0 Å². The van der Waals surface area contributed by atoms with E-state index >= 15 is 0 Å². The van der Waals surface area contributed by atoms with Gasteiger partial charge >= 0.3 is 0 Å². The maximum atomic E-state index is 9.04. The predicted molar refractivity (Wildman–Crippen MR) is 35.9 cm³/mol. The third kappa shape index (κ3) is 1.37. The summed E-state index contributed by atoms with van der Waals surface area (Å²) >= 11 is 1.82. The Morgan fingerprint density at radius 2 is 2.38 bits per heavy atom. The van der Waals surface area contributed by atoms with Gasteiger partial charge in [0.25, 0.3) is 0 Å². The molecular weight excluding hydrogens is 122 g/mol. The molecule has 0 spiro atoms. The monoisotopic (exact) mass is 133 g/mol. The quantitative estimate of drug-likeness (QED) is 0.481. The van der Waals surface area contributed by atoms with Gasteiger partial charge in [-0.05, 0) is 12.2 Å². The van der Waals surface area contributed by atoms with E-state index in [0.29, 0.717) is 0 Å². The number of hydrogen-bond acceptors (Lipinski definition) is 3. The summed E-state index contributed by atoms with van der Waals surface area (Å²) in [6.07, 6.45) is 0.627. The molecule has 0 aromatic rings. The van der Waals surface area contributed by atoms with Crippen LogP contribution < -0.4 is 5.73 Å². The van der Waals surface area contributed by atoms with E-state index in [0.717, 1.165) is 17.9 Å². The maximum Gasteiger partial charge on any atom is 0.0707 e. The smallest absolute Gasteiger partial charge is 0.0707 e. The number of hydrogen-bond donors (Lipinski definition) is 2. The summed E-state index contributed by atoms with van der Waals surface area (Å²) in [6.45, 7) is 0. The zero-order chi connectivity index (χ0) is 5.98. The van der Waals surface area contributed by atoms with Crippen molar-refractivity contribution in [3.05, 3.63) is 0 Å². The second kappa shape index (κ2) is 2.71. The van der Waals surface area contributed by atoms with Gasteiger partial charge in [-0.25, -0.2) is 0 Å². The number of nitrogens with two attached hydrogens (primary N) is 1. The normalized spacial score (nSPS) is 39.8. The second-order valence-corrected chi connectivity index (χ2v) is 3.24. The number of rotatable bonds is 0. The Hall–Kier alpha value is 0.270. The van der Waals surface area contributed by atoms with E-state index < -0.39 is 0 Å². The molecule has 0 aliphatic carbocycles. The molecule has 1 saturated heterocycles. The number of thioether (sulfide) groups is 1. The minimum Gasteiger partial charge on any atom is -0.391 e. The molecule has 3 heteroatoms. The molecule has 2 atom stereocenters. The first-order valence-corrected chi connectivity index (χ1v) is 3.97. The lowest BCUT2D eigenvalue weighted by atomic mass is 10.1. The van der Waals surface area contributed by atoms with Crippen LogP contribution >= 0.6 is 11.8 Å². The van der Waals surface area contributed by atoms with Crippen molar-refractivity contribution in [1.29, 1.82) is 0 Å². The van der Waals surface area contributed by atoms with Crippen molar-refractivity contribution < 1.29 is 5.11 Å². The topological polar surface area (TPSA) is 46.2 Å². The van der Waals surface area contributed by atoms with E-state index in [1.165, 1.54) is 0 Å². The lowest BCUT2D eigenvalue weighted by Crippen LogP contribution is -2.40. The van der Waals surface area contributed by atoms with Gasteiger partial charge in [-0.2, -0.15) is 11.8 Å². The molecule has 2 nitrogen and oxygen atoms in total. The molecular formula is C5H11NOS. The van der Waals surface area contributed by atoms with Gasteiger partial charge in [-0.15, -0.1) is 0 Å². The van der Waals surface area contributed by atoms with Crippen molar-refractivity contribution in [3.63, 3.8) is 0 Å². The minimum absolute atomic E-state index is 0.0220. The van der Waals surface area contributed by atoms with Crippen LogP contribution in [0.15, 0.2) is 0 Å². The molecule has 1 aliphatic rings. The summed E-state index contributed by atoms with van der Waals surface area (Å²) in [5.41, 5.74) is 5.51. The fourth-order valence-electron chi connectivity index (χ4n) is 0.749. The molecule has 2 unspecified atom stereocenters. The molecule has 8 heavy (non-hydrogen) atoms. The highest BCUT2D eigenvalue weighted by atomic mass is 32.2. The summed E-state index contributed by atoms with van der Waals surface area (Å²) in [7, 11) is 0. The van der Waals surface area contributed by atoms with Gasteiger partial charge in [0.05, 0.1) is 6.10 Å². The van der Waals surface area contributed by atoms with Crippen molar-refractivity contribution in [1.82, 2.24) is 0 Å². The molecule has 0 radical (unpaired) electrons. The maximum absolute atomic E-state index is 9.04. The van der Waals surface area contributed by atoms with E-state index in [-0.39, 0.29) is 12.1 Å². The van der Waals surface area contributed by atoms with Crippen LogP contribution in [0.1, 0.15) is 6.42 Å². The fourth-order valence-corrected chi connectivity index (χ4v) is 1.82. The van der Waals surface area contributed by atoms with Gasteiger partial charge in [0.1, 0.15) is 0 Å². The molecule has 1 rings (SSSR count). The number of aliphatic hydroxyl groups is 1. The Morgan fingerprint density at radius 3 is 2.75 bits per heavy atom. The molecule has 0 saturated carbocycles. The van der Waals surface area contributed by atoms with Crippen LogP contribution in [0.4, 0.5) is 0 Å². The van der Waals surface area contributed by atoms with Crippen molar-refractivity contribution in [2.45, 2.75) is 18.6 Å².